The zero-order valence-corrected chi connectivity index (χ0v) is 10.7. The van der Waals surface area contributed by atoms with E-state index in [9.17, 15) is 0 Å². The zero-order valence-electron chi connectivity index (χ0n) is 9.12. The molecule has 84 valence electrons. The van der Waals surface area contributed by atoms with Crippen LogP contribution in [0.4, 0.5) is 0 Å². The maximum absolute atomic E-state index is 4.30. The fourth-order valence-corrected chi connectivity index (χ4v) is 3.00. The molecule has 0 saturated carbocycles. The molecule has 1 aliphatic carbocycles. The monoisotopic (exact) mass is 278 g/mol. The van der Waals surface area contributed by atoms with Gasteiger partial charge < -0.3 is 5.32 Å². The largest absolute Gasteiger partial charge is 0.316 e. The minimum absolute atomic E-state index is 0.837. The summed E-state index contributed by atoms with van der Waals surface area (Å²) in [5, 5.41) is 3.49. The molecule has 0 aromatic carbocycles. The van der Waals surface area contributed by atoms with Crippen molar-refractivity contribution in [2.24, 2.45) is 11.8 Å². The summed E-state index contributed by atoms with van der Waals surface area (Å²) in [4.78, 5) is 4.30. The van der Waals surface area contributed by atoms with Crippen LogP contribution < -0.4 is 5.32 Å². The van der Waals surface area contributed by atoms with E-state index in [1.165, 1.54) is 37.1 Å². The van der Waals surface area contributed by atoms with Gasteiger partial charge in [-0.3, -0.25) is 0 Å². The molecule has 1 saturated heterocycles. The first-order valence-electron chi connectivity index (χ1n) is 5.84. The van der Waals surface area contributed by atoms with Crippen LogP contribution in [-0.2, 0) is 0 Å². The van der Waals surface area contributed by atoms with E-state index in [-0.39, 0.29) is 0 Å². The van der Waals surface area contributed by atoms with Crippen LogP contribution in [0.25, 0.3) is 5.57 Å². The molecule has 2 aliphatic rings. The molecule has 1 aromatic rings. The Morgan fingerprint density at radius 2 is 2.12 bits per heavy atom. The second kappa shape index (κ2) is 4.30. The standard InChI is InChI=1S/C13H15BrN2/c14-13-4-3-11(8-16-13)9-1-2-10-6-15-7-12(10)5-9/h1,3-4,8,10,12,15H,2,5-7H2. The third-order valence-corrected chi connectivity index (χ3v) is 4.20. The van der Waals surface area contributed by atoms with Gasteiger partial charge in [-0.15, -0.1) is 0 Å². The minimum Gasteiger partial charge on any atom is -0.316 e. The summed E-state index contributed by atoms with van der Waals surface area (Å²) in [5.74, 6) is 1.70. The van der Waals surface area contributed by atoms with Crippen LogP contribution in [-0.4, -0.2) is 18.1 Å². The summed E-state index contributed by atoms with van der Waals surface area (Å²) in [7, 11) is 0. The molecule has 1 fully saturated rings. The van der Waals surface area contributed by atoms with Crippen molar-refractivity contribution in [2.45, 2.75) is 12.8 Å². The molecule has 2 nitrogen and oxygen atoms in total. The number of hydrogen-bond acceptors (Lipinski definition) is 2. The molecule has 3 heteroatoms. The van der Waals surface area contributed by atoms with Gasteiger partial charge in [-0.05, 0) is 70.9 Å². The quantitative estimate of drug-likeness (QED) is 0.800. The molecule has 1 N–H and O–H groups in total. The number of hydrogen-bond donors (Lipinski definition) is 1. The minimum atomic E-state index is 0.837. The molecular weight excluding hydrogens is 264 g/mol. The number of nitrogens with one attached hydrogen (secondary N) is 1. The highest BCUT2D eigenvalue weighted by Gasteiger charge is 2.30. The molecule has 16 heavy (non-hydrogen) atoms. The van der Waals surface area contributed by atoms with E-state index in [4.69, 9.17) is 0 Å². The lowest BCUT2D eigenvalue weighted by atomic mass is 9.80. The first-order chi connectivity index (χ1) is 7.83. The Balaban J connectivity index is 1.83. The van der Waals surface area contributed by atoms with E-state index in [1.807, 2.05) is 12.3 Å². The van der Waals surface area contributed by atoms with Crippen LogP contribution in [0.3, 0.4) is 0 Å². The van der Waals surface area contributed by atoms with Crippen molar-refractivity contribution in [1.82, 2.24) is 10.3 Å². The number of fused-ring (bicyclic) bond motifs is 1. The highest BCUT2D eigenvalue weighted by molar-refractivity contribution is 9.10. The Kier molecular flexibility index (Phi) is 2.82. The summed E-state index contributed by atoms with van der Waals surface area (Å²) < 4.78 is 0.910. The molecular formula is C13H15BrN2. The fourth-order valence-electron chi connectivity index (χ4n) is 2.76. The van der Waals surface area contributed by atoms with Gasteiger partial charge in [-0.25, -0.2) is 4.98 Å². The summed E-state index contributed by atoms with van der Waals surface area (Å²) in [6, 6.07) is 4.18. The van der Waals surface area contributed by atoms with Crippen LogP contribution >= 0.6 is 15.9 Å². The van der Waals surface area contributed by atoms with Crippen LogP contribution in [0.5, 0.6) is 0 Å². The maximum Gasteiger partial charge on any atom is 0.106 e. The molecule has 0 radical (unpaired) electrons. The first-order valence-corrected chi connectivity index (χ1v) is 6.64. The zero-order chi connectivity index (χ0) is 11.0. The molecule has 1 aliphatic heterocycles. The molecule has 2 unspecified atom stereocenters. The Morgan fingerprint density at radius 3 is 2.94 bits per heavy atom. The Bertz CT molecular complexity index is 410. The lowest BCUT2D eigenvalue weighted by Crippen LogP contribution is -2.16. The van der Waals surface area contributed by atoms with Gasteiger partial charge in [0.15, 0.2) is 0 Å². The molecule has 0 bridgehead atoms. The van der Waals surface area contributed by atoms with Crippen molar-refractivity contribution in [3.05, 3.63) is 34.6 Å². The number of rotatable bonds is 1. The van der Waals surface area contributed by atoms with Crippen LogP contribution in [0.15, 0.2) is 29.0 Å². The first kappa shape index (κ1) is 10.5. The van der Waals surface area contributed by atoms with E-state index >= 15 is 0 Å². The molecule has 0 spiro atoms. The van der Waals surface area contributed by atoms with E-state index in [2.05, 4.69) is 38.4 Å². The van der Waals surface area contributed by atoms with Crippen molar-refractivity contribution < 1.29 is 0 Å². The van der Waals surface area contributed by atoms with Gasteiger partial charge in [0.1, 0.15) is 4.60 Å². The Hall–Kier alpha value is -0.670. The number of allylic oxidation sites excluding steroid dienone is 2. The smallest absolute Gasteiger partial charge is 0.106 e. The molecule has 2 atom stereocenters. The average Bonchev–Trinajstić information content (AvgIpc) is 2.77. The number of halogens is 1. The third kappa shape index (κ3) is 1.94. The SMILES string of the molecule is Brc1ccc(C2=CCC3CNCC3C2)cn1. The van der Waals surface area contributed by atoms with Gasteiger partial charge in [-0.1, -0.05) is 12.1 Å². The van der Waals surface area contributed by atoms with Crippen molar-refractivity contribution in [1.29, 1.82) is 0 Å². The third-order valence-electron chi connectivity index (χ3n) is 3.73. The average molecular weight is 279 g/mol. The number of pyridine rings is 1. The van der Waals surface area contributed by atoms with Gasteiger partial charge in [0.05, 0.1) is 0 Å². The predicted octanol–water partition coefficient (Wildman–Crippen LogP) is 2.86. The van der Waals surface area contributed by atoms with E-state index in [0.717, 1.165) is 16.4 Å². The summed E-state index contributed by atoms with van der Waals surface area (Å²) in [5.41, 5.74) is 2.76. The van der Waals surface area contributed by atoms with Crippen molar-refractivity contribution in [2.75, 3.05) is 13.1 Å². The van der Waals surface area contributed by atoms with Crippen LogP contribution in [0, 0.1) is 11.8 Å². The molecule has 0 amide bonds. The number of nitrogens with zero attached hydrogens (tertiary/aromatic N) is 1. The Morgan fingerprint density at radius 1 is 1.25 bits per heavy atom. The summed E-state index contributed by atoms with van der Waals surface area (Å²) in [6.07, 6.45) is 6.81. The second-order valence-corrected chi connectivity index (χ2v) is 5.53. The van der Waals surface area contributed by atoms with Crippen LogP contribution in [0.1, 0.15) is 18.4 Å². The van der Waals surface area contributed by atoms with E-state index in [1.54, 1.807) is 0 Å². The van der Waals surface area contributed by atoms with Crippen LogP contribution in [0.2, 0.25) is 0 Å². The molecule has 3 rings (SSSR count). The van der Waals surface area contributed by atoms with Crippen molar-refractivity contribution >= 4 is 21.5 Å². The molecule has 2 heterocycles. The second-order valence-electron chi connectivity index (χ2n) is 4.72. The van der Waals surface area contributed by atoms with Crippen molar-refractivity contribution in [3.63, 3.8) is 0 Å². The van der Waals surface area contributed by atoms with Crippen molar-refractivity contribution in [3.8, 4) is 0 Å². The highest BCUT2D eigenvalue weighted by Crippen LogP contribution is 2.36. The van der Waals surface area contributed by atoms with E-state index < -0.39 is 0 Å². The number of aromatic nitrogens is 1. The van der Waals surface area contributed by atoms with Gasteiger partial charge in [0, 0.05) is 6.20 Å². The lowest BCUT2D eigenvalue weighted by Gasteiger charge is -2.24. The maximum atomic E-state index is 4.30. The highest BCUT2D eigenvalue weighted by atomic mass is 79.9. The Labute approximate surface area is 104 Å². The topological polar surface area (TPSA) is 24.9 Å². The van der Waals surface area contributed by atoms with Gasteiger partial charge in [0.25, 0.3) is 0 Å². The summed E-state index contributed by atoms with van der Waals surface area (Å²) >= 11 is 3.37. The summed E-state index contributed by atoms with van der Waals surface area (Å²) in [6.45, 7) is 2.39. The molecule has 1 aromatic heterocycles. The fraction of sp³-hybridized carbons (Fsp3) is 0.462. The lowest BCUT2D eigenvalue weighted by molar-refractivity contribution is 0.418. The van der Waals surface area contributed by atoms with Gasteiger partial charge >= 0.3 is 0 Å². The van der Waals surface area contributed by atoms with E-state index in [0.29, 0.717) is 0 Å². The van der Waals surface area contributed by atoms with Gasteiger partial charge in [0.2, 0.25) is 0 Å². The normalized spacial score (nSPS) is 28.7. The predicted molar refractivity (Wildman–Crippen MR) is 69.0 cm³/mol. The van der Waals surface area contributed by atoms with Gasteiger partial charge in [-0.2, -0.15) is 0 Å².